The molecule has 1 aliphatic rings. The van der Waals surface area contributed by atoms with E-state index in [0.29, 0.717) is 42.9 Å². The minimum Gasteiger partial charge on any atom is -0.491 e. The summed E-state index contributed by atoms with van der Waals surface area (Å²) in [6, 6.07) is 4.90. The monoisotopic (exact) mass is 447 g/mol. The number of hydrogen-bond donors (Lipinski definition) is 1. The molecule has 0 bridgehead atoms. The second-order valence-corrected chi connectivity index (χ2v) is 8.51. The molecule has 0 aromatic heterocycles. The number of rotatable bonds is 5. The normalized spacial score (nSPS) is 22.3. The van der Waals surface area contributed by atoms with Crippen LogP contribution in [0.25, 0.3) is 0 Å². The number of benzene rings is 1. The van der Waals surface area contributed by atoms with Crippen LogP contribution in [-0.2, 0) is 14.3 Å². The Morgan fingerprint density at radius 1 is 1.22 bits per heavy atom. The summed E-state index contributed by atoms with van der Waals surface area (Å²) in [5.41, 5.74) is 0.914. The molecule has 0 unspecified atom stereocenters. The smallest absolute Gasteiger partial charge is 0.257 e. The summed E-state index contributed by atoms with van der Waals surface area (Å²) in [6.07, 6.45) is 1.32. The van der Waals surface area contributed by atoms with Crippen LogP contribution in [0.2, 0.25) is 0 Å². The van der Waals surface area contributed by atoms with Gasteiger partial charge >= 0.3 is 0 Å². The third-order valence-electron chi connectivity index (χ3n) is 5.83. The van der Waals surface area contributed by atoms with Crippen molar-refractivity contribution in [2.24, 2.45) is 5.92 Å². The largest absolute Gasteiger partial charge is 0.491 e. The van der Waals surface area contributed by atoms with E-state index in [9.17, 15) is 14.4 Å². The van der Waals surface area contributed by atoms with Crippen LogP contribution in [-0.4, -0.2) is 73.5 Å². The highest BCUT2D eigenvalue weighted by Crippen LogP contribution is 2.26. The van der Waals surface area contributed by atoms with Gasteiger partial charge in [-0.1, -0.05) is 20.8 Å². The zero-order valence-corrected chi connectivity index (χ0v) is 20.1. The maximum atomic E-state index is 13.3. The minimum absolute atomic E-state index is 0.0202. The first-order valence-corrected chi connectivity index (χ1v) is 11.4. The summed E-state index contributed by atoms with van der Waals surface area (Å²) < 4.78 is 11.7. The van der Waals surface area contributed by atoms with Gasteiger partial charge in [-0.25, -0.2) is 0 Å². The predicted octanol–water partition coefficient (Wildman–Crippen LogP) is 3.17. The third-order valence-corrected chi connectivity index (χ3v) is 5.83. The molecule has 32 heavy (non-hydrogen) atoms. The Kier molecular flexibility index (Phi) is 9.50. The van der Waals surface area contributed by atoms with E-state index in [1.165, 1.54) is 0 Å². The van der Waals surface area contributed by atoms with Crippen molar-refractivity contribution in [3.8, 4) is 5.75 Å². The van der Waals surface area contributed by atoms with Gasteiger partial charge in [0.05, 0.1) is 17.7 Å². The molecule has 178 valence electrons. The fourth-order valence-corrected chi connectivity index (χ4v) is 3.86. The van der Waals surface area contributed by atoms with Gasteiger partial charge in [0.1, 0.15) is 12.4 Å². The van der Waals surface area contributed by atoms with E-state index in [-0.39, 0.29) is 42.4 Å². The van der Waals surface area contributed by atoms with E-state index in [2.05, 4.69) is 5.32 Å². The van der Waals surface area contributed by atoms with Gasteiger partial charge in [-0.15, -0.1) is 0 Å². The van der Waals surface area contributed by atoms with Gasteiger partial charge in [-0.3, -0.25) is 14.4 Å². The number of carbonyl (C=O) groups is 3. The highest BCUT2D eigenvalue weighted by Gasteiger charge is 2.29. The Morgan fingerprint density at radius 2 is 1.94 bits per heavy atom. The van der Waals surface area contributed by atoms with Crippen molar-refractivity contribution in [1.29, 1.82) is 0 Å². The molecular weight excluding hydrogens is 410 g/mol. The predicted molar refractivity (Wildman–Crippen MR) is 124 cm³/mol. The molecule has 3 amide bonds. The average Bonchev–Trinajstić information content (AvgIpc) is 2.77. The standard InChI is InChI=1S/C24H37N3O5/c1-7-9-22(28)25-18-10-11-20-19(12-18)24(30)26(5)14-21(31-6)16(3)13-27(23(29)8-2)17(4)15-32-20/h10-12,16-17,21H,7-9,13-15H2,1-6H3,(H,25,28)/t16-,17+,21-/m0/s1. The van der Waals surface area contributed by atoms with Crippen LogP contribution >= 0.6 is 0 Å². The molecule has 1 aliphatic heterocycles. The van der Waals surface area contributed by atoms with Crippen LogP contribution in [0.3, 0.4) is 0 Å². The van der Waals surface area contributed by atoms with Crippen molar-refractivity contribution >= 4 is 23.4 Å². The summed E-state index contributed by atoms with van der Waals surface area (Å²) in [4.78, 5) is 41.4. The lowest BCUT2D eigenvalue weighted by Gasteiger charge is -2.36. The lowest BCUT2D eigenvalue weighted by molar-refractivity contribution is -0.135. The van der Waals surface area contributed by atoms with E-state index in [0.717, 1.165) is 6.42 Å². The van der Waals surface area contributed by atoms with Gasteiger partial charge in [-0.2, -0.15) is 0 Å². The molecule has 0 fully saturated rings. The summed E-state index contributed by atoms with van der Waals surface area (Å²) in [7, 11) is 3.34. The molecule has 0 saturated carbocycles. The number of hydrogen-bond acceptors (Lipinski definition) is 5. The Hall–Kier alpha value is -2.61. The van der Waals surface area contributed by atoms with Gasteiger partial charge in [0.2, 0.25) is 11.8 Å². The van der Waals surface area contributed by atoms with E-state index < -0.39 is 0 Å². The number of nitrogens with one attached hydrogen (secondary N) is 1. The molecule has 0 radical (unpaired) electrons. The maximum Gasteiger partial charge on any atom is 0.257 e. The summed E-state index contributed by atoms with van der Waals surface area (Å²) in [5, 5.41) is 2.84. The first-order chi connectivity index (χ1) is 15.2. The fraction of sp³-hybridized carbons (Fsp3) is 0.625. The Bertz CT molecular complexity index is 813. The van der Waals surface area contributed by atoms with Crippen molar-refractivity contribution in [2.75, 3.05) is 39.2 Å². The number of likely N-dealkylation sites (N-methyl/N-ethyl adjacent to an activating group) is 1. The highest BCUT2D eigenvalue weighted by molar-refractivity contribution is 5.99. The molecular formula is C24H37N3O5. The van der Waals surface area contributed by atoms with Crippen molar-refractivity contribution in [3.05, 3.63) is 23.8 Å². The second-order valence-electron chi connectivity index (χ2n) is 8.51. The molecule has 0 spiro atoms. The lowest BCUT2D eigenvalue weighted by Crippen LogP contribution is -2.48. The van der Waals surface area contributed by atoms with Crippen LogP contribution < -0.4 is 10.1 Å². The molecule has 0 aliphatic carbocycles. The molecule has 3 atom stereocenters. The highest BCUT2D eigenvalue weighted by atomic mass is 16.5. The quantitative estimate of drug-likeness (QED) is 0.749. The van der Waals surface area contributed by atoms with Crippen LogP contribution in [0, 0.1) is 5.92 Å². The third kappa shape index (κ3) is 6.45. The molecule has 1 heterocycles. The number of anilines is 1. The Balaban J connectivity index is 2.43. The number of nitrogens with zero attached hydrogens (tertiary/aromatic N) is 2. The van der Waals surface area contributed by atoms with E-state index in [1.807, 2.05) is 32.6 Å². The Labute approximate surface area is 191 Å². The number of carbonyl (C=O) groups excluding carboxylic acids is 3. The van der Waals surface area contributed by atoms with E-state index in [1.54, 1.807) is 37.3 Å². The fourth-order valence-electron chi connectivity index (χ4n) is 3.86. The zero-order valence-electron chi connectivity index (χ0n) is 20.1. The van der Waals surface area contributed by atoms with Gasteiger partial charge in [0.15, 0.2) is 0 Å². The van der Waals surface area contributed by atoms with Crippen LogP contribution in [0.1, 0.15) is 57.3 Å². The van der Waals surface area contributed by atoms with Crippen molar-refractivity contribution in [3.63, 3.8) is 0 Å². The van der Waals surface area contributed by atoms with Gasteiger partial charge < -0.3 is 24.6 Å². The number of fused-ring (bicyclic) bond motifs is 1. The van der Waals surface area contributed by atoms with Crippen molar-refractivity contribution < 1.29 is 23.9 Å². The van der Waals surface area contributed by atoms with Crippen molar-refractivity contribution in [1.82, 2.24) is 9.80 Å². The molecule has 2 rings (SSSR count). The molecule has 8 heteroatoms. The van der Waals surface area contributed by atoms with E-state index in [4.69, 9.17) is 9.47 Å². The number of ether oxygens (including phenoxy) is 2. The second kappa shape index (κ2) is 11.9. The molecule has 0 saturated heterocycles. The van der Waals surface area contributed by atoms with E-state index >= 15 is 0 Å². The molecule has 8 nitrogen and oxygen atoms in total. The Morgan fingerprint density at radius 3 is 2.56 bits per heavy atom. The molecule has 1 aromatic carbocycles. The topological polar surface area (TPSA) is 88.2 Å². The summed E-state index contributed by atoms with van der Waals surface area (Å²) in [6.45, 7) is 8.89. The average molecular weight is 448 g/mol. The van der Waals surface area contributed by atoms with Crippen LogP contribution in [0.15, 0.2) is 18.2 Å². The zero-order chi connectivity index (χ0) is 23.8. The maximum absolute atomic E-state index is 13.3. The summed E-state index contributed by atoms with van der Waals surface area (Å²) in [5.74, 6) is 0.187. The van der Waals surface area contributed by atoms with Crippen LogP contribution in [0.5, 0.6) is 5.75 Å². The van der Waals surface area contributed by atoms with Crippen molar-refractivity contribution in [2.45, 2.75) is 59.1 Å². The summed E-state index contributed by atoms with van der Waals surface area (Å²) >= 11 is 0. The van der Waals surface area contributed by atoms with Gasteiger partial charge in [-0.05, 0) is 31.5 Å². The first-order valence-electron chi connectivity index (χ1n) is 11.4. The SMILES string of the molecule is CCCC(=O)Nc1ccc2c(c1)C(=O)N(C)C[C@H](OC)[C@@H](C)CN(C(=O)CC)[C@H](C)CO2. The van der Waals surface area contributed by atoms with Crippen LogP contribution in [0.4, 0.5) is 5.69 Å². The minimum atomic E-state index is -0.237. The lowest BCUT2D eigenvalue weighted by atomic mass is 10.0. The molecule has 1 aromatic rings. The molecule has 1 N–H and O–H groups in total. The number of amides is 3. The number of methoxy groups -OCH3 is 1. The first kappa shape index (κ1) is 25.6. The van der Waals surface area contributed by atoms with Gasteiger partial charge in [0.25, 0.3) is 5.91 Å². The van der Waals surface area contributed by atoms with Gasteiger partial charge in [0, 0.05) is 51.7 Å².